The van der Waals surface area contributed by atoms with Crippen LogP contribution in [0.1, 0.15) is 54.6 Å². The lowest BCUT2D eigenvalue weighted by molar-refractivity contribution is -0.144. The maximum Gasteiger partial charge on any atom is 0.350 e. The second-order valence-electron chi connectivity index (χ2n) is 11.5. The van der Waals surface area contributed by atoms with E-state index in [4.69, 9.17) is 14.0 Å². The van der Waals surface area contributed by atoms with E-state index in [2.05, 4.69) is 23.1 Å². The molecule has 1 aliphatic rings. The second kappa shape index (κ2) is 13.2. The zero-order valence-electron chi connectivity index (χ0n) is 26.3. The maximum atomic E-state index is 15.0. The minimum atomic E-state index is -3.94. The number of Topliss-reactive ketones (excluding diaryl/α,β-unsaturated/α-hetero) is 1. The summed E-state index contributed by atoms with van der Waals surface area (Å²) in [4.78, 5) is 40.9. The van der Waals surface area contributed by atoms with Crippen LogP contribution in [-0.4, -0.2) is 68.4 Å². The van der Waals surface area contributed by atoms with E-state index in [0.29, 0.717) is 4.57 Å². The van der Waals surface area contributed by atoms with E-state index in [1.54, 1.807) is 6.92 Å². The van der Waals surface area contributed by atoms with E-state index < -0.39 is 56.2 Å². The van der Waals surface area contributed by atoms with Crippen molar-refractivity contribution in [2.45, 2.75) is 84.5 Å². The fraction of sp³-hybridized carbons (Fsp3) is 0.533. The SMILES string of the molecule is CCC(=O)[C@H](C)NP(C)(=O)OC[C@H]1O[C@@H](n2ccc(CC(=O)OCc3cc4cc(C)c(C)c(C)c4n3C)nc2=O)C(F)(F)[C@@H]1O. The van der Waals surface area contributed by atoms with Gasteiger partial charge in [-0.15, -0.1) is 0 Å². The largest absolute Gasteiger partial charge is 0.459 e. The number of ether oxygens (including phenoxy) is 2. The number of carbonyl (C=O) groups excluding carboxylic acids is 2. The number of aryl methyl sites for hydroxylation is 3. The molecule has 3 heterocycles. The number of carbonyl (C=O) groups is 2. The fourth-order valence-corrected chi connectivity index (χ4v) is 6.73. The molecule has 15 heteroatoms. The molecule has 1 unspecified atom stereocenters. The van der Waals surface area contributed by atoms with Crippen LogP contribution in [0.5, 0.6) is 0 Å². The number of hydrogen-bond acceptors (Lipinski definition) is 9. The molecule has 1 fully saturated rings. The topological polar surface area (TPSA) is 151 Å². The molecular weight excluding hydrogens is 613 g/mol. The summed E-state index contributed by atoms with van der Waals surface area (Å²) in [5.41, 5.74) is 4.14. The van der Waals surface area contributed by atoms with Gasteiger partial charge in [0.1, 0.15) is 18.5 Å². The molecule has 12 nitrogen and oxygen atoms in total. The Morgan fingerprint density at radius 2 is 1.93 bits per heavy atom. The Morgan fingerprint density at radius 1 is 1.24 bits per heavy atom. The van der Waals surface area contributed by atoms with E-state index in [1.807, 2.05) is 31.5 Å². The highest BCUT2D eigenvalue weighted by atomic mass is 31.2. The van der Waals surface area contributed by atoms with Crippen molar-refractivity contribution >= 4 is 30.2 Å². The number of nitrogens with zero attached hydrogens (tertiary/aromatic N) is 3. The number of aliphatic hydroxyl groups excluding tert-OH is 1. The minimum Gasteiger partial charge on any atom is -0.459 e. The number of fused-ring (bicyclic) bond motifs is 1. The third kappa shape index (κ3) is 7.25. The van der Waals surface area contributed by atoms with E-state index in [0.717, 1.165) is 33.9 Å². The molecule has 45 heavy (non-hydrogen) atoms. The van der Waals surface area contributed by atoms with Crippen LogP contribution in [0.4, 0.5) is 8.78 Å². The van der Waals surface area contributed by atoms with Crippen molar-refractivity contribution in [3.8, 4) is 0 Å². The highest BCUT2D eigenvalue weighted by Crippen LogP contribution is 2.45. The number of hydrogen-bond donors (Lipinski definition) is 2. The summed E-state index contributed by atoms with van der Waals surface area (Å²) < 4.78 is 61.2. The molecule has 5 atom stereocenters. The van der Waals surface area contributed by atoms with Crippen molar-refractivity contribution in [3.63, 3.8) is 0 Å². The molecule has 0 radical (unpaired) electrons. The number of ketones is 1. The summed E-state index contributed by atoms with van der Waals surface area (Å²) in [6.07, 6.45) is -5.48. The number of rotatable bonds is 12. The van der Waals surface area contributed by atoms with Gasteiger partial charge in [-0.3, -0.25) is 18.7 Å². The molecule has 2 N–H and O–H groups in total. The van der Waals surface area contributed by atoms with Gasteiger partial charge >= 0.3 is 17.6 Å². The molecule has 0 spiro atoms. The number of nitrogens with one attached hydrogen (secondary N) is 1. The van der Waals surface area contributed by atoms with Crippen LogP contribution in [0.15, 0.2) is 29.2 Å². The van der Waals surface area contributed by atoms with Gasteiger partial charge in [-0.25, -0.2) is 9.88 Å². The molecule has 0 bridgehead atoms. The van der Waals surface area contributed by atoms with Crippen LogP contribution < -0.4 is 10.8 Å². The lowest BCUT2D eigenvalue weighted by Crippen LogP contribution is -2.42. The zero-order chi connectivity index (χ0) is 33.4. The van der Waals surface area contributed by atoms with Gasteiger partial charge in [0.05, 0.1) is 36.0 Å². The lowest BCUT2D eigenvalue weighted by atomic mass is 10.0. The highest BCUT2D eigenvalue weighted by Gasteiger charge is 2.60. The Bertz CT molecular complexity index is 1720. The fourth-order valence-electron chi connectivity index (χ4n) is 5.38. The minimum absolute atomic E-state index is 0.00382. The Balaban J connectivity index is 1.39. The van der Waals surface area contributed by atoms with E-state index >= 15 is 8.78 Å². The third-order valence-electron chi connectivity index (χ3n) is 8.21. The summed E-state index contributed by atoms with van der Waals surface area (Å²) in [6.45, 7) is 9.70. The molecule has 2 aromatic heterocycles. The van der Waals surface area contributed by atoms with Crippen molar-refractivity contribution in [1.82, 2.24) is 19.2 Å². The van der Waals surface area contributed by atoms with Crippen molar-refractivity contribution in [2.24, 2.45) is 7.05 Å². The summed E-state index contributed by atoms with van der Waals surface area (Å²) in [7, 11) is -1.75. The van der Waals surface area contributed by atoms with Gasteiger partial charge in [-0.2, -0.15) is 13.8 Å². The lowest BCUT2D eigenvalue weighted by Gasteiger charge is -2.22. The van der Waals surface area contributed by atoms with Crippen LogP contribution in [0.25, 0.3) is 10.9 Å². The van der Waals surface area contributed by atoms with Crippen molar-refractivity contribution in [1.29, 1.82) is 0 Å². The van der Waals surface area contributed by atoms with Crippen molar-refractivity contribution < 1.29 is 42.0 Å². The number of alkyl halides is 2. The van der Waals surface area contributed by atoms with Crippen LogP contribution >= 0.6 is 7.52 Å². The first-order valence-corrected chi connectivity index (χ1v) is 16.6. The molecule has 1 aromatic carbocycles. The summed E-state index contributed by atoms with van der Waals surface area (Å²) in [6, 6.07) is 4.43. The monoisotopic (exact) mass is 652 g/mol. The van der Waals surface area contributed by atoms with Gasteiger partial charge in [-0.1, -0.05) is 6.92 Å². The molecule has 0 saturated carbocycles. The molecule has 246 valence electrons. The number of esters is 1. The number of aromatic nitrogens is 3. The highest BCUT2D eigenvalue weighted by molar-refractivity contribution is 7.56. The van der Waals surface area contributed by atoms with E-state index in [1.165, 1.54) is 25.2 Å². The standard InChI is InChI=1S/C30H39F2N4O8P/c1-8-23(37)19(5)34-45(7,41)43-15-24-27(39)30(31,32)28(44-24)36-10-9-21(33-29(36)40)13-25(38)42-14-22-12-20-11-16(2)17(3)18(4)26(20)35(22)6/h9-12,19,24,27-28,39H,8,13-15H2,1-7H3,(H,34,41)/t19-,24+,27+,28+,45?/m0/s1. The average Bonchev–Trinajstić information content (AvgIpc) is 3.40. The number of aliphatic hydroxyl groups is 1. The zero-order valence-corrected chi connectivity index (χ0v) is 27.2. The first kappa shape index (κ1) is 34.6. The van der Waals surface area contributed by atoms with Gasteiger partial charge in [0.2, 0.25) is 6.23 Å². The number of halogens is 2. The Morgan fingerprint density at radius 3 is 2.58 bits per heavy atom. The van der Waals surface area contributed by atoms with Crippen LogP contribution in [-0.2, 0) is 48.2 Å². The molecule has 0 amide bonds. The Labute approximate surface area is 259 Å². The van der Waals surface area contributed by atoms with Crippen LogP contribution in [0, 0.1) is 20.8 Å². The van der Waals surface area contributed by atoms with Gasteiger partial charge in [0.15, 0.2) is 6.10 Å². The summed E-state index contributed by atoms with van der Waals surface area (Å²) in [5, 5.41) is 13.8. The Kier molecular flexibility index (Phi) is 10.2. The molecule has 4 rings (SSSR count). The normalized spacial score (nSPS) is 21.5. The van der Waals surface area contributed by atoms with Gasteiger partial charge in [0, 0.05) is 31.7 Å². The van der Waals surface area contributed by atoms with Gasteiger partial charge in [-0.05, 0) is 62.6 Å². The summed E-state index contributed by atoms with van der Waals surface area (Å²) >= 11 is 0. The molecule has 1 saturated heterocycles. The predicted octanol–water partition coefficient (Wildman–Crippen LogP) is 3.64. The molecule has 1 aliphatic heterocycles. The van der Waals surface area contributed by atoms with Gasteiger partial charge < -0.3 is 23.7 Å². The smallest absolute Gasteiger partial charge is 0.350 e. The molecule has 3 aromatic rings. The van der Waals surface area contributed by atoms with Crippen molar-refractivity contribution in [3.05, 3.63) is 63.0 Å². The Hall–Kier alpha value is -3.29. The van der Waals surface area contributed by atoms with Crippen LogP contribution in [0.2, 0.25) is 0 Å². The molecular formula is C30H39F2N4O8P. The van der Waals surface area contributed by atoms with Crippen LogP contribution in [0.3, 0.4) is 0 Å². The first-order valence-electron chi connectivity index (χ1n) is 14.5. The summed E-state index contributed by atoms with van der Waals surface area (Å²) in [5.74, 6) is -4.83. The van der Waals surface area contributed by atoms with Gasteiger partial charge in [0.25, 0.3) is 7.52 Å². The predicted molar refractivity (Wildman–Crippen MR) is 161 cm³/mol. The quantitative estimate of drug-likeness (QED) is 0.219. The average molecular weight is 653 g/mol. The first-order chi connectivity index (χ1) is 21.0. The third-order valence-corrected chi connectivity index (χ3v) is 9.71. The number of benzene rings is 1. The van der Waals surface area contributed by atoms with E-state index in [-0.39, 0.29) is 30.9 Å². The molecule has 0 aliphatic carbocycles. The van der Waals surface area contributed by atoms with Crippen molar-refractivity contribution in [2.75, 3.05) is 13.3 Å². The second-order valence-corrected chi connectivity index (χ2v) is 13.7. The maximum absolute atomic E-state index is 15.0. The van der Waals surface area contributed by atoms with E-state index in [9.17, 15) is 24.1 Å².